The second kappa shape index (κ2) is 8.24. The maximum absolute atomic E-state index is 12.0. The van der Waals surface area contributed by atoms with Crippen LogP contribution in [0.2, 0.25) is 0 Å². The molecule has 2 amide bonds. The van der Waals surface area contributed by atoms with Gasteiger partial charge in [0, 0.05) is 31.9 Å². The van der Waals surface area contributed by atoms with Crippen LogP contribution in [0.4, 0.5) is 4.79 Å². The highest BCUT2D eigenvalue weighted by Gasteiger charge is 2.26. The predicted octanol–water partition coefficient (Wildman–Crippen LogP) is 1.76. The lowest BCUT2D eigenvalue weighted by Gasteiger charge is -2.24. The normalized spacial score (nSPS) is 13.3. The zero-order valence-electron chi connectivity index (χ0n) is 12.7. The number of carbonyl (C=O) groups is 2. The summed E-state index contributed by atoms with van der Waals surface area (Å²) in [4.78, 5) is 28.9. The molecule has 6 heteroatoms. The molecule has 21 heavy (non-hydrogen) atoms. The van der Waals surface area contributed by atoms with Gasteiger partial charge < -0.3 is 15.3 Å². The van der Waals surface area contributed by atoms with Gasteiger partial charge in [0.15, 0.2) is 0 Å². The van der Waals surface area contributed by atoms with Crippen LogP contribution in [0.25, 0.3) is 0 Å². The average Bonchev–Trinajstić information content (AvgIpc) is 2.49. The lowest BCUT2D eigenvalue weighted by atomic mass is 9.99. The minimum absolute atomic E-state index is 0.115. The number of carboxylic acid groups (broad SMARTS) is 1. The minimum atomic E-state index is -1.00. The van der Waals surface area contributed by atoms with E-state index in [-0.39, 0.29) is 11.9 Å². The number of carboxylic acids is 1. The fourth-order valence-electron chi connectivity index (χ4n) is 1.86. The van der Waals surface area contributed by atoms with E-state index in [9.17, 15) is 14.7 Å². The number of nitrogens with one attached hydrogen (secondary N) is 1. The maximum atomic E-state index is 12.0. The van der Waals surface area contributed by atoms with Crippen LogP contribution in [-0.4, -0.2) is 46.6 Å². The van der Waals surface area contributed by atoms with E-state index in [1.807, 2.05) is 32.0 Å². The monoisotopic (exact) mass is 293 g/mol. The first-order chi connectivity index (χ1) is 9.95. The summed E-state index contributed by atoms with van der Waals surface area (Å²) in [6.07, 6.45) is 3.03. The van der Waals surface area contributed by atoms with Crippen LogP contribution in [0.15, 0.2) is 24.4 Å². The molecular weight excluding hydrogens is 270 g/mol. The summed E-state index contributed by atoms with van der Waals surface area (Å²) in [5, 5.41) is 11.7. The van der Waals surface area contributed by atoms with E-state index in [4.69, 9.17) is 0 Å². The molecule has 0 bridgehead atoms. The van der Waals surface area contributed by atoms with Crippen molar-refractivity contribution in [3.05, 3.63) is 30.1 Å². The summed E-state index contributed by atoms with van der Waals surface area (Å²) in [6, 6.07) is 4.39. The highest BCUT2D eigenvalue weighted by molar-refractivity contribution is 5.82. The van der Waals surface area contributed by atoms with Crippen LogP contribution in [0.3, 0.4) is 0 Å². The second-order valence-corrected chi connectivity index (χ2v) is 5.14. The van der Waals surface area contributed by atoms with E-state index in [0.29, 0.717) is 19.4 Å². The SMILES string of the molecule is CCC(C)[C@H](NC(=O)N(C)CCc1ccccn1)C(=O)O. The molecule has 1 unspecified atom stereocenters. The Hall–Kier alpha value is -2.11. The molecule has 0 saturated carbocycles. The van der Waals surface area contributed by atoms with Crippen molar-refractivity contribution in [2.75, 3.05) is 13.6 Å². The minimum Gasteiger partial charge on any atom is -0.480 e. The molecule has 1 aromatic rings. The van der Waals surface area contributed by atoms with Crippen LogP contribution in [-0.2, 0) is 11.2 Å². The lowest BCUT2D eigenvalue weighted by Crippen LogP contribution is -2.49. The molecule has 0 spiro atoms. The fraction of sp³-hybridized carbons (Fsp3) is 0.533. The topological polar surface area (TPSA) is 82.5 Å². The van der Waals surface area contributed by atoms with Crippen LogP contribution >= 0.6 is 0 Å². The highest BCUT2D eigenvalue weighted by atomic mass is 16.4. The molecular formula is C15H23N3O3. The van der Waals surface area contributed by atoms with Crippen LogP contribution < -0.4 is 5.32 Å². The third kappa shape index (κ3) is 5.41. The van der Waals surface area contributed by atoms with Crippen molar-refractivity contribution < 1.29 is 14.7 Å². The molecule has 0 aromatic carbocycles. The molecule has 0 aliphatic heterocycles. The molecule has 0 fully saturated rings. The van der Waals surface area contributed by atoms with Gasteiger partial charge in [-0.3, -0.25) is 4.98 Å². The number of hydrogen-bond donors (Lipinski definition) is 2. The molecule has 6 nitrogen and oxygen atoms in total. The van der Waals surface area contributed by atoms with Gasteiger partial charge in [0.2, 0.25) is 0 Å². The second-order valence-electron chi connectivity index (χ2n) is 5.14. The first kappa shape index (κ1) is 16.9. The molecule has 1 aromatic heterocycles. The Morgan fingerprint density at radius 2 is 2.14 bits per heavy atom. The molecule has 2 atom stereocenters. The Bertz CT molecular complexity index is 464. The number of likely N-dealkylation sites (N-methyl/N-ethyl adjacent to an activating group) is 1. The standard InChI is InChI=1S/C15H23N3O3/c1-4-11(2)13(14(19)20)17-15(21)18(3)10-8-12-7-5-6-9-16-12/h5-7,9,11,13H,4,8,10H2,1-3H3,(H,17,21)(H,19,20)/t11?,13-/m0/s1. The average molecular weight is 293 g/mol. The molecule has 2 N–H and O–H groups in total. The summed E-state index contributed by atoms with van der Waals surface area (Å²) in [5.74, 6) is -1.12. The van der Waals surface area contributed by atoms with Crippen molar-refractivity contribution in [1.29, 1.82) is 0 Å². The number of carbonyl (C=O) groups excluding carboxylic acids is 1. The summed E-state index contributed by atoms with van der Waals surface area (Å²) < 4.78 is 0. The summed E-state index contributed by atoms with van der Waals surface area (Å²) >= 11 is 0. The first-order valence-corrected chi connectivity index (χ1v) is 7.10. The summed E-state index contributed by atoms with van der Waals surface area (Å²) in [6.45, 7) is 4.19. The van der Waals surface area contributed by atoms with Gasteiger partial charge in [0.1, 0.15) is 6.04 Å². The predicted molar refractivity (Wildman–Crippen MR) is 80.0 cm³/mol. The van der Waals surface area contributed by atoms with Crippen LogP contribution in [0.1, 0.15) is 26.0 Å². The molecule has 0 radical (unpaired) electrons. The van der Waals surface area contributed by atoms with Crippen LogP contribution in [0.5, 0.6) is 0 Å². The van der Waals surface area contributed by atoms with E-state index in [2.05, 4.69) is 10.3 Å². The van der Waals surface area contributed by atoms with Gasteiger partial charge in [-0.1, -0.05) is 26.3 Å². The van der Waals surface area contributed by atoms with Crippen molar-refractivity contribution in [2.45, 2.75) is 32.7 Å². The molecule has 0 aliphatic carbocycles. The fourth-order valence-corrected chi connectivity index (χ4v) is 1.86. The van der Waals surface area contributed by atoms with Gasteiger partial charge in [0.25, 0.3) is 0 Å². The van der Waals surface area contributed by atoms with Gasteiger partial charge in [-0.05, 0) is 18.1 Å². The largest absolute Gasteiger partial charge is 0.480 e. The van der Waals surface area contributed by atoms with Crippen molar-refractivity contribution in [2.24, 2.45) is 5.92 Å². The van der Waals surface area contributed by atoms with Gasteiger partial charge in [-0.2, -0.15) is 0 Å². The highest BCUT2D eigenvalue weighted by Crippen LogP contribution is 2.08. The van der Waals surface area contributed by atoms with E-state index in [1.54, 1.807) is 13.2 Å². The quantitative estimate of drug-likeness (QED) is 0.802. The van der Waals surface area contributed by atoms with Gasteiger partial charge in [-0.25, -0.2) is 9.59 Å². The van der Waals surface area contributed by atoms with Gasteiger partial charge >= 0.3 is 12.0 Å². The smallest absolute Gasteiger partial charge is 0.326 e. The summed E-state index contributed by atoms with van der Waals surface area (Å²) in [7, 11) is 1.65. The zero-order valence-corrected chi connectivity index (χ0v) is 12.7. The number of aliphatic carboxylic acids is 1. The maximum Gasteiger partial charge on any atom is 0.326 e. The lowest BCUT2D eigenvalue weighted by molar-refractivity contribution is -0.140. The number of nitrogens with zero attached hydrogens (tertiary/aromatic N) is 2. The van der Waals surface area contributed by atoms with Crippen LogP contribution in [0, 0.1) is 5.92 Å². The number of hydrogen-bond acceptors (Lipinski definition) is 3. The van der Waals surface area contributed by atoms with Crippen molar-refractivity contribution in [1.82, 2.24) is 15.2 Å². The van der Waals surface area contributed by atoms with E-state index >= 15 is 0 Å². The first-order valence-electron chi connectivity index (χ1n) is 7.10. The number of rotatable bonds is 7. The molecule has 1 rings (SSSR count). The summed E-state index contributed by atoms with van der Waals surface area (Å²) in [5.41, 5.74) is 0.897. The van der Waals surface area contributed by atoms with Gasteiger partial charge in [-0.15, -0.1) is 0 Å². The molecule has 1 heterocycles. The number of amides is 2. The Morgan fingerprint density at radius 1 is 1.43 bits per heavy atom. The molecule has 0 aliphatic rings. The Morgan fingerprint density at radius 3 is 2.67 bits per heavy atom. The Labute approximate surface area is 125 Å². The van der Waals surface area contributed by atoms with Crippen molar-refractivity contribution in [3.63, 3.8) is 0 Å². The van der Waals surface area contributed by atoms with Crippen molar-refractivity contribution in [3.8, 4) is 0 Å². The Balaban J connectivity index is 2.51. The third-order valence-electron chi connectivity index (χ3n) is 3.53. The molecule has 116 valence electrons. The number of aromatic nitrogens is 1. The van der Waals surface area contributed by atoms with E-state index in [1.165, 1.54) is 4.90 Å². The molecule has 0 saturated heterocycles. The van der Waals surface area contributed by atoms with Crippen molar-refractivity contribution >= 4 is 12.0 Å². The van der Waals surface area contributed by atoms with E-state index in [0.717, 1.165) is 5.69 Å². The number of urea groups is 1. The number of pyridine rings is 1. The van der Waals surface area contributed by atoms with E-state index < -0.39 is 12.0 Å². The third-order valence-corrected chi connectivity index (χ3v) is 3.53. The Kier molecular flexibility index (Phi) is 6.65. The van der Waals surface area contributed by atoms with Gasteiger partial charge in [0.05, 0.1) is 0 Å². The zero-order chi connectivity index (χ0) is 15.8.